The van der Waals surface area contributed by atoms with Gasteiger partial charge in [0.1, 0.15) is 0 Å². The first kappa shape index (κ1) is 14.4. The third-order valence-electron chi connectivity index (χ3n) is 2.59. The quantitative estimate of drug-likeness (QED) is 0.761. The molecule has 0 unspecified atom stereocenters. The fraction of sp³-hybridized carbons (Fsp3) is 0.917. The maximum Gasteiger partial charge on any atom is 0.222 e. The number of hydrogen-bond donors (Lipinski definition) is 1. The van der Waals surface area contributed by atoms with Crippen LogP contribution >= 0.6 is 0 Å². The maximum absolute atomic E-state index is 11.4. The summed E-state index contributed by atoms with van der Waals surface area (Å²) in [6.07, 6.45) is 2.18. The highest BCUT2D eigenvalue weighted by Gasteiger charge is 2.19. The van der Waals surface area contributed by atoms with Gasteiger partial charge in [-0.25, -0.2) is 0 Å². The van der Waals surface area contributed by atoms with Crippen molar-refractivity contribution in [3.8, 4) is 0 Å². The van der Waals surface area contributed by atoms with Crippen LogP contribution < -0.4 is 5.32 Å². The molecule has 1 fully saturated rings. The molecule has 3 heteroatoms. The predicted octanol–water partition coefficient (Wildman–Crippen LogP) is 1.88. The Balaban J connectivity index is 0.000000921. The third kappa shape index (κ3) is 5.78. The molecule has 0 aromatic carbocycles. The number of carbonyl (C=O) groups excluding carboxylic acids is 1. The fourth-order valence-corrected chi connectivity index (χ4v) is 1.52. The maximum atomic E-state index is 11.4. The number of nitrogens with one attached hydrogen (secondary N) is 1. The summed E-state index contributed by atoms with van der Waals surface area (Å²) in [4.78, 5) is 13.7. The lowest BCUT2D eigenvalue weighted by Crippen LogP contribution is -2.44. The van der Waals surface area contributed by atoms with Crippen LogP contribution in [0.3, 0.4) is 0 Å². The van der Waals surface area contributed by atoms with Gasteiger partial charge in [-0.05, 0) is 33.0 Å². The molecule has 0 aromatic rings. The third-order valence-corrected chi connectivity index (χ3v) is 2.59. The highest BCUT2D eigenvalue weighted by molar-refractivity contribution is 5.78. The summed E-state index contributed by atoms with van der Waals surface area (Å²) in [6.45, 7) is 10.1. The van der Waals surface area contributed by atoms with Gasteiger partial charge in [-0.2, -0.15) is 0 Å². The summed E-state index contributed by atoms with van der Waals surface area (Å²) in [5, 5.41) is 3.07. The molecule has 1 heterocycles. The number of rotatable bonds is 2. The smallest absolute Gasteiger partial charge is 0.222 e. The van der Waals surface area contributed by atoms with E-state index in [-0.39, 0.29) is 11.8 Å². The Labute approximate surface area is 94.2 Å². The standard InChI is InChI=1S/C10H20N2O.C2H6/c1-8(2)10(13)11-9-4-6-12(3)7-5-9;1-2/h8-9H,4-7H2,1-3H3,(H,11,13);1-2H3. The number of carbonyl (C=O) groups is 1. The van der Waals surface area contributed by atoms with E-state index in [1.54, 1.807) is 0 Å². The van der Waals surface area contributed by atoms with Crippen LogP contribution in [0.2, 0.25) is 0 Å². The van der Waals surface area contributed by atoms with E-state index < -0.39 is 0 Å². The van der Waals surface area contributed by atoms with E-state index >= 15 is 0 Å². The molecule has 1 rings (SSSR count). The van der Waals surface area contributed by atoms with E-state index in [0.717, 1.165) is 25.9 Å². The molecule has 0 bridgehead atoms. The SMILES string of the molecule is CC.CC(C)C(=O)NC1CCN(C)CC1. The average molecular weight is 214 g/mol. The number of hydrogen-bond acceptors (Lipinski definition) is 2. The van der Waals surface area contributed by atoms with Crippen LogP contribution in [0.25, 0.3) is 0 Å². The first-order valence-corrected chi connectivity index (χ1v) is 6.08. The topological polar surface area (TPSA) is 32.3 Å². The van der Waals surface area contributed by atoms with Crippen LogP contribution in [0.5, 0.6) is 0 Å². The Bertz CT molecular complexity index is 172. The van der Waals surface area contributed by atoms with Gasteiger partial charge in [-0.15, -0.1) is 0 Å². The summed E-state index contributed by atoms with van der Waals surface area (Å²) < 4.78 is 0. The van der Waals surface area contributed by atoms with Crippen molar-refractivity contribution >= 4 is 5.91 Å². The van der Waals surface area contributed by atoms with Crippen molar-refractivity contribution in [2.24, 2.45) is 5.92 Å². The molecular weight excluding hydrogens is 188 g/mol. The van der Waals surface area contributed by atoms with Crippen LogP contribution in [0, 0.1) is 5.92 Å². The molecule has 0 aliphatic carbocycles. The Morgan fingerprint density at radius 2 is 1.73 bits per heavy atom. The summed E-state index contributed by atoms with van der Waals surface area (Å²) >= 11 is 0. The van der Waals surface area contributed by atoms with E-state index in [0.29, 0.717) is 6.04 Å². The van der Waals surface area contributed by atoms with Crippen LogP contribution in [-0.2, 0) is 4.79 Å². The number of piperidine rings is 1. The zero-order valence-corrected chi connectivity index (χ0v) is 10.8. The minimum Gasteiger partial charge on any atom is -0.353 e. The molecule has 15 heavy (non-hydrogen) atoms. The van der Waals surface area contributed by atoms with Gasteiger partial charge in [-0.1, -0.05) is 27.7 Å². The molecule has 1 N–H and O–H groups in total. The van der Waals surface area contributed by atoms with Crippen molar-refractivity contribution < 1.29 is 4.79 Å². The van der Waals surface area contributed by atoms with Gasteiger partial charge in [0.2, 0.25) is 5.91 Å². The van der Waals surface area contributed by atoms with Crippen molar-refractivity contribution in [1.29, 1.82) is 0 Å². The second kappa shape index (κ2) is 7.69. The van der Waals surface area contributed by atoms with Crippen molar-refractivity contribution in [2.45, 2.75) is 46.6 Å². The fourth-order valence-electron chi connectivity index (χ4n) is 1.52. The molecule has 0 spiro atoms. The highest BCUT2D eigenvalue weighted by Crippen LogP contribution is 2.08. The van der Waals surface area contributed by atoms with Gasteiger partial charge < -0.3 is 10.2 Å². The summed E-state index contributed by atoms with van der Waals surface area (Å²) in [7, 11) is 2.13. The minimum atomic E-state index is 0.111. The van der Waals surface area contributed by atoms with Crippen molar-refractivity contribution in [3.63, 3.8) is 0 Å². The molecule has 1 amide bonds. The first-order chi connectivity index (χ1) is 7.09. The second-order valence-corrected chi connectivity index (χ2v) is 4.24. The molecule has 1 aliphatic rings. The van der Waals surface area contributed by atoms with Crippen LogP contribution in [0.4, 0.5) is 0 Å². The van der Waals surface area contributed by atoms with Crippen molar-refractivity contribution in [3.05, 3.63) is 0 Å². The number of nitrogens with zero attached hydrogens (tertiary/aromatic N) is 1. The number of amides is 1. The van der Waals surface area contributed by atoms with E-state index in [1.165, 1.54) is 0 Å². The lowest BCUT2D eigenvalue weighted by molar-refractivity contribution is -0.125. The van der Waals surface area contributed by atoms with Gasteiger partial charge in [0, 0.05) is 12.0 Å². The Kier molecular flexibility index (Phi) is 7.39. The molecule has 0 aromatic heterocycles. The Hall–Kier alpha value is -0.570. The minimum absolute atomic E-state index is 0.111. The largest absolute Gasteiger partial charge is 0.353 e. The molecule has 0 radical (unpaired) electrons. The lowest BCUT2D eigenvalue weighted by Gasteiger charge is -2.29. The van der Waals surface area contributed by atoms with E-state index in [2.05, 4.69) is 17.3 Å². The highest BCUT2D eigenvalue weighted by atomic mass is 16.1. The van der Waals surface area contributed by atoms with E-state index in [1.807, 2.05) is 27.7 Å². The van der Waals surface area contributed by atoms with Gasteiger partial charge in [0.15, 0.2) is 0 Å². The van der Waals surface area contributed by atoms with Gasteiger partial charge in [0.25, 0.3) is 0 Å². The summed E-state index contributed by atoms with van der Waals surface area (Å²) in [6, 6.07) is 0.408. The van der Waals surface area contributed by atoms with Crippen LogP contribution in [0.1, 0.15) is 40.5 Å². The Morgan fingerprint density at radius 3 is 2.13 bits per heavy atom. The van der Waals surface area contributed by atoms with Gasteiger partial charge in [0.05, 0.1) is 0 Å². The lowest BCUT2D eigenvalue weighted by atomic mass is 10.0. The van der Waals surface area contributed by atoms with Crippen LogP contribution in [0.15, 0.2) is 0 Å². The van der Waals surface area contributed by atoms with Gasteiger partial charge >= 0.3 is 0 Å². The number of likely N-dealkylation sites (tertiary alicyclic amines) is 1. The zero-order valence-electron chi connectivity index (χ0n) is 10.8. The normalized spacial score (nSPS) is 18.3. The van der Waals surface area contributed by atoms with Crippen molar-refractivity contribution in [2.75, 3.05) is 20.1 Å². The second-order valence-electron chi connectivity index (χ2n) is 4.24. The summed E-state index contributed by atoms with van der Waals surface area (Å²) in [5.41, 5.74) is 0. The molecule has 3 nitrogen and oxygen atoms in total. The van der Waals surface area contributed by atoms with Crippen LogP contribution in [-0.4, -0.2) is 37.0 Å². The first-order valence-electron chi connectivity index (χ1n) is 6.08. The molecule has 0 atom stereocenters. The molecule has 1 saturated heterocycles. The zero-order chi connectivity index (χ0) is 11.8. The Morgan fingerprint density at radius 1 is 1.27 bits per heavy atom. The summed E-state index contributed by atoms with van der Waals surface area (Å²) in [5.74, 6) is 0.300. The van der Waals surface area contributed by atoms with Gasteiger partial charge in [-0.3, -0.25) is 4.79 Å². The molecule has 1 aliphatic heterocycles. The predicted molar refractivity (Wildman–Crippen MR) is 64.8 cm³/mol. The van der Waals surface area contributed by atoms with E-state index in [4.69, 9.17) is 0 Å². The molecular formula is C12H26N2O. The molecule has 0 saturated carbocycles. The average Bonchev–Trinajstić information content (AvgIpc) is 2.24. The molecule has 90 valence electrons. The monoisotopic (exact) mass is 214 g/mol. The van der Waals surface area contributed by atoms with Crippen molar-refractivity contribution in [1.82, 2.24) is 10.2 Å². The van der Waals surface area contributed by atoms with E-state index in [9.17, 15) is 4.79 Å².